The average Bonchev–Trinajstić information content (AvgIpc) is 2.88. The zero-order chi connectivity index (χ0) is 12.7. The van der Waals surface area contributed by atoms with Crippen molar-refractivity contribution >= 4 is 21.7 Å². The van der Waals surface area contributed by atoms with Gasteiger partial charge in [0.2, 0.25) is 0 Å². The Kier molecular flexibility index (Phi) is 2.90. The van der Waals surface area contributed by atoms with Crippen LogP contribution < -0.4 is 5.32 Å². The molecule has 18 heavy (non-hydrogen) atoms. The molecular weight excluding hydrogens is 290 g/mol. The number of rotatable bonds is 2. The number of halogens is 1. The van der Waals surface area contributed by atoms with E-state index in [1.54, 1.807) is 0 Å². The molecule has 2 aromatic rings. The standard InChI is InChI=1S/C14H16BrN3/c1-9(2)13-12-6-7-16-14(12)18(17-13)11-5-3-4-10(15)8-11/h3-5,8-9,16H,6-7H2,1-2H3. The largest absolute Gasteiger partial charge is 0.369 e. The maximum atomic E-state index is 4.78. The minimum absolute atomic E-state index is 0.465. The number of hydrogen-bond donors (Lipinski definition) is 1. The molecule has 0 atom stereocenters. The van der Waals surface area contributed by atoms with Gasteiger partial charge in [0.05, 0.1) is 11.4 Å². The van der Waals surface area contributed by atoms with Gasteiger partial charge < -0.3 is 5.32 Å². The zero-order valence-electron chi connectivity index (χ0n) is 10.6. The Bertz CT molecular complexity index is 587. The van der Waals surface area contributed by atoms with Crippen LogP contribution in [0.4, 0.5) is 5.82 Å². The third-order valence-electron chi connectivity index (χ3n) is 3.28. The van der Waals surface area contributed by atoms with E-state index in [9.17, 15) is 0 Å². The number of nitrogens with zero attached hydrogens (tertiary/aromatic N) is 2. The fourth-order valence-electron chi connectivity index (χ4n) is 2.46. The van der Waals surface area contributed by atoms with Gasteiger partial charge in [0, 0.05) is 16.6 Å². The van der Waals surface area contributed by atoms with Crippen molar-refractivity contribution in [3.8, 4) is 5.69 Å². The summed E-state index contributed by atoms with van der Waals surface area (Å²) in [6.07, 6.45) is 1.08. The SMILES string of the molecule is CC(C)c1nn(-c2cccc(Br)c2)c2c1CCN2. The van der Waals surface area contributed by atoms with Crippen LogP contribution in [0.25, 0.3) is 5.69 Å². The molecule has 3 nitrogen and oxygen atoms in total. The molecule has 3 rings (SSSR count). The lowest BCUT2D eigenvalue weighted by atomic mass is 10.1. The molecule has 0 radical (unpaired) electrons. The molecule has 0 spiro atoms. The van der Waals surface area contributed by atoms with E-state index >= 15 is 0 Å². The molecule has 0 saturated carbocycles. The highest BCUT2D eigenvalue weighted by Gasteiger charge is 2.24. The Morgan fingerprint density at radius 2 is 2.22 bits per heavy atom. The van der Waals surface area contributed by atoms with Gasteiger partial charge in [-0.2, -0.15) is 5.10 Å². The molecule has 94 valence electrons. The predicted octanol–water partition coefficient (Wildman–Crippen LogP) is 3.73. The quantitative estimate of drug-likeness (QED) is 0.916. The fraction of sp³-hybridized carbons (Fsp3) is 0.357. The topological polar surface area (TPSA) is 29.9 Å². The molecule has 0 bridgehead atoms. The van der Waals surface area contributed by atoms with Crippen LogP contribution in [-0.2, 0) is 6.42 Å². The molecule has 2 heterocycles. The van der Waals surface area contributed by atoms with Crippen LogP contribution in [0.2, 0.25) is 0 Å². The minimum Gasteiger partial charge on any atom is -0.369 e. The van der Waals surface area contributed by atoms with Gasteiger partial charge in [-0.15, -0.1) is 0 Å². The summed E-state index contributed by atoms with van der Waals surface area (Å²) in [5, 5.41) is 8.22. The third kappa shape index (κ3) is 1.85. The molecule has 0 amide bonds. The molecule has 1 aliphatic rings. The van der Waals surface area contributed by atoms with Gasteiger partial charge in [0.25, 0.3) is 0 Å². The highest BCUT2D eigenvalue weighted by Crippen LogP contribution is 2.32. The maximum Gasteiger partial charge on any atom is 0.133 e. The summed E-state index contributed by atoms with van der Waals surface area (Å²) in [7, 11) is 0. The Morgan fingerprint density at radius 1 is 1.39 bits per heavy atom. The smallest absolute Gasteiger partial charge is 0.133 e. The third-order valence-corrected chi connectivity index (χ3v) is 3.77. The Balaban J connectivity index is 2.16. The first-order valence-electron chi connectivity index (χ1n) is 6.28. The van der Waals surface area contributed by atoms with Gasteiger partial charge in [-0.05, 0) is 30.5 Å². The van der Waals surface area contributed by atoms with Gasteiger partial charge in [-0.25, -0.2) is 4.68 Å². The van der Waals surface area contributed by atoms with Crippen LogP contribution >= 0.6 is 15.9 Å². The molecule has 0 fully saturated rings. The van der Waals surface area contributed by atoms with Crippen LogP contribution in [0.5, 0.6) is 0 Å². The first-order valence-corrected chi connectivity index (χ1v) is 7.07. The van der Waals surface area contributed by atoms with Gasteiger partial charge >= 0.3 is 0 Å². The van der Waals surface area contributed by atoms with Crippen molar-refractivity contribution in [3.63, 3.8) is 0 Å². The van der Waals surface area contributed by atoms with E-state index < -0.39 is 0 Å². The molecule has 1 aromatic heterocycles. The normalized spacial score (nSPS) is 13.8. The number of aromatic nitrogens is 2. The Labute approximate surface area is 115 Å². The van der Waals surface area contributed by atoms with Crippen molar-refractivity contribution in [2.75, 3.05) is 11.9 Å². The molecule has 0 aliphatic carbocycles. The zero-order valence-corrected chi connectivity index (χ0v) is 12.2. The van der Waals surface area contributed by atoms with Gasteiger partial charge in [0.15, 0.2) is 0 Å². The van der Waals surface area contributed by atoms with E-state index in [4.69, 9.17) is 5.10 Å². The second-order valence-electron chi connectivity index (χ2n) is 4.94. The summed E-state index contributed by atoms with van der Waals surface area (Å²) in [6.45, 7) is 5.42. The summed E-state index contributed by atoms with van der Waals surface area (Å²) < 4.78 is 3.11. The molecule has 1 aromatic carbocycles. The van der Waals surface area contributed by atoms with Gasteiger partial charge in [-0.3, -0.25) is 0 Å². The number of nitrogens with one attached hydrogen (secondary N) is 1. The number of anilines is 1. The van der Waals surface area contributed by atoms with Crippen LogP contribution in [0, 0.1) is 0 Å². The van der Waals surface area contributed by atoms with Crippen LogP contribution in [0.15, 0.2) is 28.7 Å². The van der Waals surface area contributed by atoms with Crippen LogP contribution in [-0.4, -0.2) is 16.3 Å². The fourth-order valence-corrected chi connectivity index (χ4v) is 2.85. The van der Waals surface area contributed by atoms with Crippen molar-refractivity contribution in [2.24, 2.45) is 0 Å². The molecule has 0 unspecified atom stereocenters. The highest BCUT2D eigenvalue weighted by molar-refractivity contribution is 9.10. The van der Waals surface area contributed by atoms with E-state index in [0.717, 1.165) is 28.9 Å². The van der Waals surface area contributed by atoms with Gasteiger partial charge in [-0.1, -0.05) is 35.8 Å². The van der Waals surface area contributed by atoms with Crippen molar-refractivity contribution in [1.29, 1.82) is 0 Å². The molecule has 1 N–H and O–H groups in total. The number of fused-ring (bicyclic) bond motifs is 1. The summed E-state index contributed by atoms with van der Waals surface area (Å²) in [5.74, 6) is 1.63. The Morgan fingerprint density at radius 3 is 2.94 bits per heavy atom. The first kappa shape index (κ1) is 11.8. The average molecular weight is 306 g/mol. The molecular formula is C14H16BrN3. The molecule has 0 saturated heterocycles. The van der Waals surface area contributed by atoms with Crippen molar-refractivity contribution in [3.05, 3.63) is 40.0 Å². The summed E-state index contributed by atoms with van der Waals surface area (Å²) >= 11 is 3.51. The van der Waals surface area contributed by atoms with E-state index in [1.165, 1.54) is 11.3 Å². The summed E-state index contributed by atoms with van der Waals surface area (Å²) in [4.78, 5) is 0. The lowest BCUT2D eigenvalue weighted by Crippen LogP contribution is -2.05. The second-order valence-corrected chi connectivity index (χ2v) is 5.85. The first-order chi connectivity index (χ1) is 8.66. The highest BCUT2D eigenvalue weighted by atomic mass is 79.9. The number of hydrogen-bond acceptors (Lipinski definition) is 2. The predicted molar refractivity (Wildman–Crippen MR) is 77.5 cm³/mol. The second kappa shape index (κ2) is 4.43. The summed E-state index contributed by atoms with van der Waals surface area (Å²) in [6, 6.07) is 8.25. The molecule has 4 heteroatoms. The minimum atomic E-state index is 0.465. The van der Waals surface area contributed by atoms with E-state index in [-0.39, 0.29) is 0 Å². The van der Waals surface area contributed by atoms with E-state index in [0.29, 0.717) is 5.92 Å². The van der Waals surface area contributed by atoms with Crippen LogP contribution in [0.1, 0.15) is 31.0 Å². The van der Waals surface area contributed by atoms with E-state index in [1.807, 2.05) is 16.8 Å². The lowest BCUT2D eigenvalue weighted by Gasteiger charge is -2.07. The maximum absolute atomic E-state index is 4.78. The van der Waals surface area contributed by atoms with Gasteiger partial charge in [0.1, 0.15) is 5.82 Å². The Hall–Kier alpha value is -1.29. The summed E-state index contributed by atoms with van der Waals surface area (Å²) in [5.41, 5.74) is 3.70. The molecule has 1 aliphatic heterocycles. The lowest BCUT2D eigenvalue weighted by molar-refractivity contribution is 0.756. The van der Waals surface area contributed by atoms with E-state index in [2.05, 4.69) is 47.2 Å². The van der Waals surface area contributed by atoms with Crippen LogP contribution in [0.3, 0.4) is 0 Å². The van der Waals surface area contributed by atoms with Crippen molar-refractivity contribution in [1.82, 2.24) is 9.78 Å². The monoisotopic (exact) mass is 305 g/mol. The van der Waals surface area contributed by atoms with Crippen molar-refractivity contribution < 1.29 is 0 Å². The van der Waals surface area contributed by atoms with Crippen molar-refractivity contribution in [2.45, 2.75) is 26.2 Å². The number of benzene rings is 1.